The lowest BCUT2D eigenvalue weighted by Crippen LogP contribution is -2.41. The van der Waals surface area contributed by atoms with Crippen LogP contribution >= 0.6 is 0 Å². The summed E-state index contributed by atoms with van der Waals surface area (Å²) in [4.78, 5) is 16.2. The predicted octanol–water partition coefficient (Wildman–Crippen LogP) is 2.98. The molecule has 180 valence electrons. The first-order valence-corrected chi connectivity index (χ1v) is 11.2. The average molecular weight is 467 g/mol. The van der Waals surface area contributed by atoms with E-state index in [1.54, 1.807) is 37.4 Å². The Bertz CT molecular complexity index is 1010. The second-order valence-electron chi connectivity index (χ2n) is 7.59. The fraction of sp³-hybridized carbons (Fsp3) is 0.308. The van der Waals surface area contributed by atoms with Crippen LogP contribution in [-0.2, 0) is 11.2 Å². The molecule has 3 aromatic rings. The first kappa shape index (κ1) is 25.2. The van der Waals surface area contributed by atoms with Gasteiger partial charge in [0.15, 0.2) is 0 Å². The Labute approximate surface area is 199 Å². The van der Waals surface area contributed by atoms with Crippen LogP contribution in [0.25, 0.3) is 0 Å². The minimum atomic E-state index is -0.711. The molecule has 1 heterocycles. The number of aliphatic hydroxyl groups is 2. The molecule has 8 nitrogen and oxygen atoms in total. The number of hydrogen-bond acceptors (Lipinski definition) is 8. The monoisotopic (exact) mass is 466 g/mol. The number of hydrogen-bond donors (Lipinski definition) is 3. The van der Waals surface area contributed by atoms with Crippen LogP contribution < -0.4 is 14.8 Å². The highest BCUT2D eigenvalue weighted by Gasteiger charge is 2.16. The maximum Gasteiger partial charge on any atom is 0.343 e. The third-order valence-corrected chi connectivity index (χ3v) is 4.93. The van der Waals surface area contributed by atoms with E-state index in [2.05, 4.69) is 10.3 Å². The van der Waals surface area contributed by atoms with Crippen LogP contribution in [0, 0.1) is 0 Å². The summed E-state index contributed by atoms with van der Waals surface area (Å²) in [7, 11) is 0. The van der Waals surface area contributed by atoms with Gasteiger partial charge in [-0.05, 0) is 55.3 Å². The van der Waals surface area contributed by atoms with Crippen LogP contribution in [0.2, 0.25) is 0 Å². The SMILES string of the molecule is CCOC(=O)c1cccnc1Oc1ccc(C[C@@H](CO)NCC(O)COc2ccccc2)cc1. The van der Waals surface area contributed by atoms with Crippen LogP contribution in [0.4, 0.5) is 0 Å². The van der Waals surface area contributed by atoms with Gasteiger partial charge in [0.1, 0.15) is 29.8 Å². The summed E-state index contributed by atoms with van der Waals surface area (Å²) in [5.74, 6) is 0.906. The van der Waals surface area contributed by atoms with Gasteiger partial charge in [0.05, 0.1) is 13.2 Å². The second kappa shape index (κ2) is 13.3. The van der Waals surface area contributed by atoms with Crippen molar-refractivity contribution in [2.45, 2.75) is 25.5 Å². The molecule has 0 spiro atoms. The molecule has 1 aromatic heterocycles. The molecule has 2 aromatic carbocycles. The van der Waals surface area contributed by atoms with Crippen LogP contribution in [0.1, 0.15) is 22.8 Å². The smallest absolute Gasteiger partial charge is 0.343 e. The summed E-state index contributed by atoms with van der Waals surface area (Å²) in [6, 6.07) is 19.6. The van der Waals surface area contributed by atoms with Crippen molar-refractivity contribution < 1.29 is 29.2 Å². The Morgan fingerprint density at radius 2 is 1.79 bits per heavy atom. The Morgan fingerprint density at radius 3 is 2.50 bits per heavy atom. The number of aliphatic hydroxyl groups excluding tert-OH is 2. The van der Waals surface area contributed by atoms with Gasteiger partial charge in [-0.3, -0.25) is 0 Å². The van der Waals surface area contributed by atoms with Crippen molar-refractivity contribution in [3.05, 3.63) is 84.1 Å². The summed E-state index contributed by atoms with van der Waals surface area (Å²) in [6.07, 6.45) is 1.39. The molecule has 0 saturated carbocycles. The number of nitrogens with zero attached hydrogens (tertiary/aromatic N) is 1. The van der Waals surface area contributed by atoms with Crippen molar-refractivity contribution >= 4 is 5.97 Å². The van der Waals surface area contributed by atoms with E-state index >= 15 is 0 Å². The number of esters is 1. The Morgan fingerprint density at radius 1 is 1.03 bits per heavy atom. The molecule has 1 unspecified atom stereocenters. The topological polar surface area (TPSA) is 110 Å². The van der Waals surface area contributed by atoms with E-state index in [1.807, 2.05) is 42.5 Å². The number of ether oxygens (including phenoxy) is 3. The highest BCUT2D eigenvalue weighted by Crippen LogP contribution is 2.24. The third kappa shape index (κ3) is 7.84. The number of aromatic nitrogens is 1. The maximum absolute atomic E-state index is 12.1. The van der Waals surface area contributed by atoms with E-state index in [-0.39, 0.29) is 43.9 Å². The lowest BCUT2D eigenvalue weighted by Gasteiger charge is -2.19. The molecule has 0 aliphatic heterocycles. The van der Waals surface area contributed by atoms with E-state index in [4.69, 9.17) is 14.2 Å². The number of para-hydroxylation sites is 1. The van der Waals surface area contributed by atoms with E-state index in [1.165, 1.54) is 0 Å². The molecule has 2 atom stereocenters. The Balaban J connectivity index is 1.50. The first-order chi connectivity index (χ1) is 16.6. The molecule has 0 amide bonds. The summed E-state index contributed by atoms with van der Waals surface area (Å²) in [5.41, 5.74) is 1.23. The molecule has 0 fully saturated rings. The predicted molar refractivity (Wildman–Crippen MR) is 127 cm³/mol. The van der Waals surface area contributed by atoms with Gasteiger partial charge in [-0.1, -0.05) is 30.3 Å². The second-order valence-corrected chi connectivity index (χ2v) is 7.59. The van der Waals surface area contributed by atoms with Gasteiger partial charge >= 0.3 is 5.97 Å². The van der Waals surface area contributed by atoms with E-state index < -0.39 is 12.1 Å². The summed E-state index contributed by atoms with van der Waals surface area (Å²) in [5, 5.41) is 23.1. The minimum absolute atomic E-state index is 0.0820. The maximum atomic E-state index is 12.1. The molecule has 0 aliphatic rings. The number of carbonyl (C=O) groups excluding carboxylic acids is 1. The molecule has 3 rings (SSSR count). The molecule has 0 saturated heterocycles. The highest BCUT2D eigenvalue weighted by molar-refractivity contribution is 5.91. The average Bonchev–Trinajstić information content (AvgIpc) is 2.87. The summed E-state index contributed by atoms with van der Waals surface area (Å²) < 4.78 is 16.4. The van der Waals surface area contributed by atoms with Crippen LogP contribution in [0.5, 0.6) is 17.4 Å². The number of benzene rings is 2. The molecule has 8 heteroatoms. The summed E-state index contributed by atoms with van der Waals surface area (Å²) in [6.45, 7) is 2.36. The largest absolute Gasteiger partial charge is 0.491 e. The van der Waals surface area contributed by atoms with Gasteiger partial charge in [0.2, 0.25) is 5.88 Å². The normalized spacial score (nSPS) is 12.6. The van der Waals surface area contributed by atoms with Gasteiger partial charge in [-0.25, -0.2) is 9.78 Å². The fourth-order valence-electron chi connectivity index (χ4n) is 3.20. The zero-order valence-electron chi connectivity index (χ0n) is 19.1. The van der Waals surface area contributed by atoms with Crippen LogP contribution in [0.3, 0.4) is 0 Å². The van der Waals surface area contributed by atoms with Crippen molar-refractivity contribution in [2.24, 2.45) is 0 Å². The quantitative estimate of drug-likeness (QED) is 0.330. The number of carbonyl (C=O) groups is 1. The zero-order chi connectivity index (χ0) is 24.2. The van der Waals surface area contributed by atoms with Gasteiger partial charge < -0.3 is 29.7 Å². The van der Waals surface area contributed by atoms with Gasteiger partial charge in [-0.15, -0.1) is 0 Å². The Kier molecular flexibility index (Phi) is 9.84. The van der Waals surface area contributed by atoms with E-state index in [0.29, 0.717) is 17.9 Å². The molecule has 3 N–H and O–H groups in total. The molecular weight excluding hydrogens is 436 g/mol. The van der Waals surface area contributed by atoms with E-state index in [0.717, 1.165) is 5.56 Å². The zero-order valence-corrected chi connectivity index (χ0v) is 19.1. The van der Waals surface area contributed by atoms with Gasteiger partial charge in [0, 0.05) is 18.8 Å². The number of rotatable bonds is 13. The molecule has 0 bridgehead atoms. The van der Waals surface area contributed by atoms with Crippen LogP contribution in [-0.4, -0.2) is 59.7 Å². The molecular formula is C26H30N2O6. The van der Waals surface area contributed by atoms with Crippen molar-refractivity contribution in [1.82, 2.24) is 10.3 Å². The fourth-order valence-corrected chi connectivity index (χ4v) is 3.20. The minimum Gasteiger partial charge on any atom is -0.491 e. The van der Waals surface area contributed by atoms with Gasteiger partial charge in [0.25, 0.3) is 0 Å². The lowest BCUT2D eigenvalue weighted by molar-refractivity contribution is 0.0522. The van der Waals surface area contributed by atoms with Crippen molar-refractivity contribution in [3.8, 4) is 17.4 Å². The van der Waals surface area contributed by atoms with Crippen molar-refractivity contribution in [2.75, 3.05) is 26.4 Å². The molecule has 0 radical (unpaired) electrons. The lowest BCUT2D eigenvalue weighted by atomic mass is 10.1. The molecule has 34 heavy (non-hydrogen) atoms. The van der Waals surface area contributed by atoms with Crippen molar-refractivity contribution in [3.63, 3.8) is 0 Å². The summed E-state index contributed by atoms with van der Waals surface area (Å²) >= 11 is 0. The van der Waals surface area contributed by atoms with Crippen molar-refractivity contribution in [1.29, 1.82) is 0 Å². The van der Waals surface area contributed by atoms with Gasteiger partial charge in [-0.2, -0.15) is 0 Å². The Hall–Kier alpha value is -3.46. The molecule has 0 aliphatic carbocycles. The van der Waals surface area contributed by atoms with Crippen LogP contribution in [0.15, 0.2) is 72.9 Å². The van der Waals surface area contributed by atoms with E-state index in [9.17, 15) is 15.0 Å². The number of nitrogens with one attached hydrogen (secondary N) is 1. The first-order valence-electron chi connectivity index (χ1n) is 11.2. The standard InChI is InChI=1S/C26H30N2O6/c1-2-32-26(31)24-9-6-14-27-25(24)34-23-12-10-19(11-13-23)15-20(17-29)28-16-21(30)18-33-22-7-4-3-5-8-22/h3-14,20-21,28-30H,2,15-18H2,1H3/t20-,21?/m0/s1. The number of pyridine rings is 1. The third-order valence-electron chi connectivity index (χ3n) is 4.93. The highest BCUT2D eigenvalue weighted by atomic mass is 16.5.